The number of carboxylic acids is 1. The van der Waals surface area contributed by atoms with Crippen molar-refractivity contribution in [2.45, 2.75) is 19.3 Å². The number of hydrogen-bond acceptors (Lipinski definition) is 2. The summed E-state index contributed by atoms with van der Waals surface area (Å²) >= 11 is 18.2. The molecule has 0 saturated carbocycles. The highest BCUT2D eigenvalue weighted by Crippen LogP contribution is 2.30. The minimum absolute atomic E-state index is 0.0653. The van der Waals surface area contributed by atoms with Crippen LogP contribution in [0.4, 0.5) is 0 Å². The van der Waals surface area contributed by atoms with Crippen LogP contribution in [0.3, 0.4) is 0 Å². The lowest BCUT2D eigenvalue weighted by molar-refractivity contribution is 0.0697. The van der Waals surface area contributed by atoms with Crippen LogP contribution in [0.5, 0.6) is 0 Å². The number of rotatable bonds is 5. The van der Waals surface area contributed by atoms with Crippen LogP contribution in [0.25, 0.3) is 0 Å². The van der Waals surface area contributed by atoms with Gasteiger partial charge in [-0.25, -0.2) is 9.78 Å². The van der Waals surface area contributed by atoms with Gasteiger partial charge in [-0.15, -0.1) is 0 Å². The maximum atomic E-state index is 11.1. The molecule has 0 radical (unpaired) electrons. The van der Waals surface area contributed by atoms with Crippen LogP contribution in [-0.4, -0.2) is 16.1 Å². The van der Waals surface area contributed by atoms with Gasteiger partial charge < -0.3 is 5.11 Å². The van der Waals surface area contributed by atoms with E-state index >= 15 is 0 Å². The number of halogens is 3. The van der Waals surface area contributed by atoms with Crippen molar-refractivity contribution >= 4 is 40.8 Å². The first-order valence-electron chi connectivity index (χ1n) is 6.30. The molecule has 0 fully saturated rings. The number of hydrogen-bond donors (Lipinski definition) is 1. The average molecular weight is 345 g/mol. The monoisotopic (exact) mass is 343 g/mol. The molecule has 21 heavy (non-hydrogen) atoms. The second-order valence-corrected chi connectivity index (χ2v) is 5.64. The standard InChI is InChI=1S/C15H12Cl3NO2/c16-12-7-6-11(15(20)21)13(17)10(12)5-1-3-9-4-2-8-19-14(9)18/h2,4,6-8H,1,3,5H2,(H,20,21). The summed E-state index contributed by atoms with van der Waals surface area (Å²) < 4.78 is 0. The molecule has 2 rings (SSSR count). The Morgan fingerprint density at radius 3 is 2.57 bits per heavy atom. The molecule has 0 aliphatic heterocycles. The Hall–Kier alpha value is -1.29. The third kappa shape index (κ3) is 3.88. The Balaban J connectivity index is 2.12. The molecule has 2 aromatic rings. The molecule has 1 aromatic heterocycles. The van der Waals surface area contributed by atoms with Crippen molar-refractivity contribution in [3.05, 3.63) is 62.4 Å². The Kier molecular flexibility index (Phi) is 5.45. The third-order valence-corrected chi connectivity index (χ3v) is 4.25. The Morgan fingerprint density at radius 2 is 1.90 bits per heavy atom. The van der Waals surface area contributed by atoms with Crippen LogP contribution in [-0.2, 0) is 12.8 Å². The molecule has 0 atom stereocenters. The van der Waals surface area contributed by atoms with E-state index in [1.54, 1.807) is 12.3 Å². The predicted molar refractivity (Wildman–Crippen MR) is 84.7 cm³/mol. The maximum Gasteiger partial charge on any atom is 0.337 e. The van der Waals surface area contributed by atoms with Gasteiger partial charge >= 0.3 is 5.97 Å². The number of aromatic nitrogens is 1. The molecular weight excluding hydrogens is 333 g/mol. The van der Waals surface area contributed by atoms with Gasteiger partial charge in [0, 0.05) is 11.2 Å². The van der Waals surface area contributed by atoms with Gasteiger partial charge in [0.15, 0.2) is 0 Å². The minimum Gasteiger partial charge on any atom is -0.478 e. The molecular formula is C15H12Cl3NO2. The fourth-order valence-electron chi connectivity index (χ4n) is 2.05. The highest BCUT2D eigenvalue weighted by molar-refractivity contribution is 6.37. The van der Waals surface area contributed by atoms with E-state index in [-0.39, 0.29) is 10.6 Å². The van der Waals surface area contributed by atoms with E-state index in [0.717, 1.165) is 18.4 Å². The predicted octanol–water partition coefficient (Wildman–Crippen LogP) is 4.92. The smallest absolute Gasteiger partial charge is 0.337 e. The first-order chi connectivity index (χ1) is 10.0. The number of aryl methyl sites for hydroxylation is 1. The topological polar surface area (TPSA) is 50.2 Å². The van der Waals surface area contributed by atoms with Crippen molar-refractivity contribution < 1.29 is 9.90 Å². The summed E-state index contributed by atoms with van der Waals surface area (Å²) in [5, 5.41) is 10.2. The fraction of sp³-hybridized carbons (Fsp3) is 0.200. The summed E-state index contributed by atoms with van der Waals surface area (Å²) in [4.78, 5) is 15.1. The van der Waals surface area contributed by atoms with Crippen LogP contribution in [0.2, 0.25) is 15.2 Å². The Morgan fingerprint density at radius 1 is 1.14 bits per heavy atom. The summed E-state index contributed by atoms with van der Waals surface area (Å²) in [5.41, 5.74) is 1.66. The van der Waals surface area contributed by atoms with Crippen molar-refractivity contribution in [3.63, 3.8) is 0 Å². The molecule has 0 aliphatic rings. The summed E-state index contributed by atoms with van der Waals surface area (Å²) in [6.07, 6.45) is 3.67. The average Bonchev–Trinajstić information content (AvgIpc) is 2.44. The summed E-state index contributed by atoms with van der Waals surface area (Å²) in [5.74, 6) is -1.06. The van der Waals surface area contributed by atoms with Gasteiger partial charge in [-0.1, -0.05) is 40.9 Å². The Bertz CT molecular complexity index is 674. The SMILES string of the molecule is O=C(O)c1ccc(Cl)c(CCCc2cccnc2Cl)c1Cl. The second kappa shape index (κ2) is 7.12. The first kappa shape index (κ1) is 16.1. The summed E-state index contributed by atoms with van der Waals surface area (Å²) in [6.45, 7) is 0. The van der Waals surface area contributed by atoms with Crippen LogP contribution in [0.1, 0.15) is 27.9 Å². The molecule has 0 aliphatic carbocycles. The van der Waals surface area contributed by atoms with E-state index in [2.05, 4.69) is 4.98 Å². The lowest BCUT2D eigenvalue weighted by Gasteiger charge is -2.10. The summed E-state index contributed by atoms with van der Waals surface area (Å²) in [6, 6.07) is 6.70. The van der Waals surface area contributed by atoms with E-state index in [4.69, 9.17) is 39.9 Å². The van der Waals surface area contributed by atoms with Crippen molar-refractivity contribution in [2.24, 2.45) is 0 Å². The molecule has 0 bridgehead atoms. The van der Waals surface area contributed by atoms with Crippen molar-refractivity contribution in [3.8, 4) is 0 Å². The molecule has 0 spiro atoms. The number of nitrogens with zero attached hydrogens (tertiary/aromatic N) is 1. The number of carboxylic acid groups (broad SMARTS) is 1. The zero-order valence-corrected chi connectivity index (χ0v) is 13.2. The molecule has 1 heterocycles. The van der Waals surface area contributed by atoms with Crippen molar-refractivity contribution in [1.29, 1.82) is 0 Å². The zero-order valence-electron chi connectivity index (χ0n) is 10.9. The van der Waals surface area contributed by atoms with Crippen LogP contribution in [0.15, 0.2) is 30.5 Å². The third-order valence-electron chi connectivity index (χ3n) is 3.13. The van der Waals surface area contributed by atoms with Crippen molar-refractivity contribution in [1.82, 2.24) is 4.98 Å². The molecule has 1 N–H and O–H groups in total. The van der Waals surface area contributed by atoms with Crippen molar-refractivity contribution in [2.75, 3.05) is 0 Å². The number of carbonyl (C=O) groups is 1. The van der Waals surface area contributed by atoms with E-state index < -0.39 is 5.97 Å². The summed E-state index contributed by atoms with van der Waals surface area (Å²) in [7, 11) is 0. The quantitative estimate of drug-likeness (QED) is 0.784. The zero-order chi connectivity index (χ0) is 15.4. The van der Waals surface area contributed by atoms with Gasteiger partial charge in [0.1, 0.15) is 5.15 Å². The van der Waals surface area contributed by atoms with E-state index in [9.17, 15) is 4.79 Å². The minimum atomic E-state index is -1.06. The van der Waals surface area contributed by atoms with Gasteiger partial charge in [-0.3, -0.25) is 0 Å². The molecule has 0 unspecified atom stereocenters. The van der Waals surface area contributed by atoms with E-state index in [1.165, 1.54) is 6.07 Å². The van der Waals surface area contributed by atoms with Gasteiger partial charge in [-0.05, 0) is 48.6 Å². The highest BCUT2D eigenvalue weighted by atomic mass is 35.5. The largest absolute Gasteiger partial charge is 0.478 e. The second-order valence-electron chi connectivity index (χ2n) is 4.50. The van der Waals surface area contributed by atoms with E-state index in [1.807, 2.05) is 12.1 Å². The fourth-order valence-corrected chi connectivity index (χ4v) is 2.91. The van der Waals surface area contributed by atoms with Gasteiger partial charge in [0.2, 0.25) is 0 Å². The highest BCUT2D eigenvalue weighted by Gasteiger charge is 2.15. The van der Waals surface area contributed by atoms with Crippen LogP contribution >= 0.6 is 34.8 Å². The first-order valence-corrected chi connectivity index (χ1v) is 7.43. The lowest BCUT2D eigenvalue weighted by atomic mass is 10.0. The number of benzene rings is 1. The molecule has 0 amide bonds. The molecule has 0 saturated heterocycles. The van der Waals surface area contributed by atoms with Crippen LogP contribution in [0, 0.1) is 0 Å². The maximum absolute atomic E-state index is 11.1. The molecule has 6 heteroatoms. The molecule has 110 valence electrons. The van der Waals surface area contributed by atoms with Gasteiger partial charge in [0.25, 0.3) is 0 Å². The van der Waals surface area contributed by atoms with Gasteiger partial charge in [0.05, 0.1) is 10.6 Å². The van der Waals surface area contributed by atoms with Gasteiger partial charge in [-0.2, -0.15) is 0 Å². The number of aromatic carboxylic acids is 1. The molecule has 3 nitrogen and oxygen atoms in total. The Labute approximate surface area is 137 Å². The number of pyridine rings is 1. The van der Waals surface area contributed by atoms with E-state index in [0.29, 0.717) is 22.2 Å². The normalized spacial score (nSPS) is 10.6. The van der Waals surface area contributed by atoms with Crippen LogP contribution < -0.4 is 0 Å². The lowest BCUT2D eigenvalue weighted by Crippen LogP contribution is -2.01. The molecule has 1 aromatic carbocycles.